The Hall–Kier alpha value is -18.1. The molecular formula is C144H100N2. The van der Waals surface area contributed by atoms with Gasteiger partial charge >= 0.3 is 0 Å². The zero-order valence-electron chi connectivity index (χ0n) is 81.5. The maximum absolute atomic E-state index is 2.70. The van der Waals surface area contributed by atoms with Crippen LogP contribution in [-0.4, -0.2) is 0 Å². The summed E-state index contributed by atoms with van der Waals surface area (Å²) in [4.78, 5) is 5.38. The molecule has 0 bridgehead atoms. The molecule has 0 radical (unpaired) electrons. The number of fused-ring (bicyclic) bond motifs is 18. The van der Waals surface area contributed by atoms with Crippen molar-refractivity contribution in [3.8, 4) is 111 Å². The Labute approximate surface area is 853 Å². The van der Waals surface area contributed by atoms with E-state index in [1.54, 1.807) is 0 Å². The van der Waals surface area contributed by atoms with Gasteiger partial charge in [0, 0.05) is 55.2 Å². The monoisotopic (exact) mass is 1860 g/mol. The molecule has 0 N–H and O–H groups in total. The van der Waals surface area contributed by atoms with E-state index in [4.69, 9.17) is 0 Å². The van der Waals surface area contributed by atoms with E-state index in [0.29, 0.717) is 6.42 Å². The third-order valence-corrected chi connectivity index (χ3v) is 32.8. The molecule has 0 fully saturated rings. The van der Waals surface area contributed by atoms with Crippen LogP contribution in [0.3, 0.4) is 0 Å². The summed E-state index contributed by atoms with van der Waals surface area (Å²) in [6.07, 6.45) is 0.688. The average molecular weight is 1860 g/mol. The quantitative estimate of drug-likeness (QED) is 0.0790. The second kappa shape index (κ2) is 34.1. The lowest BCUT2D eigenvalue weighted by atomic mass is 9.67. The lowest BCUT2D eigenvalue weighted by Crippen LogP contribution is -2.28. The molecule has 24 aromatic rings. The number of hydrogen-bond acceptors (Lipinski definition) is 2. The molecule has 146 heavy (non-hydrogen) atoms. The minimum absolute atomic E-state index is 0.244. The number of anilines is 6. The van der Waals surface area contributed by atoms with E-state index in [2.05, 4.69) is 570 Å². The van der Waals surface area contributed by atoms with Gasteiger partial charge in [0.15, 0.2) is 0 Å². The molecular weight excluding hydrogens is 1760 g/mol. The maximum Gasteiger partial charge on any atom is 0.0714 e. The smallest absolute Gasteiger partial charge is 0.0714 e. The van der Waals surface area contributed by atoms with Gasteiger partial charge in [0.2, 0.25) is 0 Å². The van der Waals surface area contributed by atoms with E-state index in [-0.39, 0.29) is 5.41 Å². The molecule has 686 valence electrons. The summed E-state index contributed by atoms with van der Waals surface area (Å²) in [6.45, 7) is 7.35. The normalized spacial score (nSPS) is 14.3. The average Bonchev–Trinajstić information content (AvgIpc) is 1.48. The molecule has 0 spiro atoms. The zero-order valence-corrected chi connectivity index (χ0v) is 81.5. The van der Waals surface area contributed by atoms with Gasteiger partial charge in [-0.3, -0.25) is 0 Å². The van der Waals surface area contributed by atoms with Crippen molar-refractivity contribution in [1.82, 2.24) is 0 Å². The molecule has 0 saturated carbocycles. The van der Waals surface area contributed by atoms with Gasteiger partial charge in [-0.1, -0.05) is 518 Å². The molecule has 1 atom stereocenters. The molecule has 0 amide bonds. The van der Waals surface area contributed by atoms with Gasteiger partial charge in [-0.15, -0.1) is 0 Å². The SMILES string of the molecule is CC1(C)c2ccccc2-c2cc(N(c3cccc(-c4ccccc4)c3-c3ccccc3)c3c(-c4ccc5c(c4)C(c4ccccc4)(c4ccccc4)c4ccccc4-5)c4ccc(CC5(C)c6ccccc6-c6c(-c7c(N(c8ccc9c(c8)C(c8ccccc8)(c8ccccc8)c8ccccc8-9)c8cccc(-c9ccccc9)c8-c8ccccc8)c8ccccc8c8ccccc78)cccc65)cc4c4ccccc34)ccc21. The zero-order chi connectivity index (χ0) is 96.9. The lowest BCUT2D eigenvalue weighted by molar-refractivity contribution is 0.583. The predicted molar refractivity (Wildman–Crippen MR) is 613 cm³/mol. The molecule has 1 unspecified atom stereocenters. The molecule has 0 heterocycles. The highest BCUT2D eigenvalue weighted by Gasteiger charge is 2.50. The summed E-state index contributed by atoms with van der Waals surface area (Å²) in [5, 5.41) is 9.33. The van der Waals surface area contributed by atoms with Crippen LogP contribution in [0.2, 0.25) is 0 Å². The van der Waals surface area contributed by atoms with Crippen molar-refractivity contribution >= 4 is 77.2 Å². The molecule has 28 rings (SSSR count). The molecule has 0 aromatic heterocycles. The van der Waals surface area contributed by atoms with E-state index >= 15 is 0 Å². The van der Waals surface area contributed by atoms with E-state index < -0.39 is 16.2 Å². The standard InChI is InChI=1S/C144H100N2/c1-141(2)124-74-38-34-66-113(124)123-91-104(84-88-125(123)141)145(132-79-43-71-106(95-45-12-4-13-46-95)134(132)97-49-16-6-17-50-97)139-119-69-33-30-63-110(119)122-89-94(81-85-117(122)136(139)99-82-86-114-111-64-35-40-76-127(111)143(130(114)90-99,100-53-20-8-21-54-100)101-55-22-9-23-56-101)93-142(3)126-75-39-37-70-120(126)137-121(73-42-78-129(137)142)138-116-67-31-28-61-108(116)109-62-29-32-68-118(109)140(138)146(133-80-44-72-107(96-47-14-5-15-48-96)135(133)98-51-18-7-19-52-98)105-83-87-115-112-65-36-41-77-128(112)144(131(115)92-105,102-57-24-10-25-58-102)103-59-26-11-27-60-103/h4-92H,93H2,1-3H3. The summed E-state index contributed by atoms with van der Waals surface area (Å²) in [6, 6.07) is 206. The van der Waals surface area contributed by atoms with Gasteiger partial charge in [-0.2, -0.15) is 0 Å². The highest BCUT2D eigenvalue weighted by Crippen LogP contribution is 2.65. The summed E-state index contributed by atoms with van der Waals surface area (Å²) >= 11 is 0. The van der Waals surface area contributed by atoms with Gasteiger partial charge in [0.25, 0.3) is 0 Å². The fourth-order valence-corrected chi connectivity index (χ4v) is 26.7. The lowest BCUT2D eigenvalue weighted by Gasteiger charge is -2.36. The van der Waals surface area contributed by atoms with Crippen molar-refractivity contribution in [2.24, 2.45) is 0 Å². The summed E-state index contributed by atoms with van der Waals surface area (Å²) in [5.74, 6) is 0. The molecule has 4 aliphatic carbocycles. The van der Waals surface area contributed by atoms with Crippen molar-refractivity contribution in [3.63, 3.8) is 0 Å². The van der Waals surface area contributed by atoms with Gasteiger partial charge in [-0.25, -0.2) is 0 Å². The summed E-state index contributed by atoms with van der Waals surface area (Å²) in [7, 11) is 0. The van der Waals surface area contributed by atoms with Crippen LogP contribution >= 0.6 is 0 Å². The number of nitrogens with zero attached hydrogens (tertiary/aromatic N) is 2. The third kappa shape index (κ3) is 12.9. The first-order chi connectivity index (χ1) is 72.1. The summed E-state index contributed by atoms with van der Waals surface area (Å²) < 4.78 is 0. The Morgan fingerprint density at radius 1 is 0.171 bits per heavy atom. The largest absolute Gasteiger partial charge is 0.309 e. The highest BCUT2D eigenvalue weighted by atomic mass is 15.2. The van der Waals surface area contributed by atoms with Crippen molar-refractivity contribution in [3.05, 3.63) is 612 Å². The maximum atomic E-state index is 2.70. The molecule has 2 heteroatoms. The molecule has 0 aliphatic heterocycles. The predicted octanol–water partition coefficient (Wildman–Crippen LogP) is 37.8. The minimum Gasteiger partial charge on any atom is -0.309 e. The van der Waals surface area contributed by atoms with E-state index in [1.807, 2.05) is 0 Å². The van der Waals surface area contributed by atoms with Gasteiger partial charge in [0.05, 0.1) is 33.6 Å². The van der Waals surface area contributed by atoms with E-state index in [9.17, 15) is 0 Å². The fraction of sp³-hybridized carbons (Fsp3) is 0.0556. The van der Waals surface area contributed by atoms with Crippen LogP contribution in [0.15, 0.2) is 540 Å². The summed E-state index contributed by atoms with van der Waals surface area (Å²) in [5.41, 5.74) is 44.2. The third-order valence-electron chi connectivity index (χ3n) is 32.8. The number of benzene rings is 24. The van der Waals surface area contributed by atoms with E-state index in [1.165, 1.54) is 149 Å². The van der Waals surface area contributed by atoms with Crippen LogP contribution in [0.4, 0.5) is 34.1 Å². The van der Waals surface area contributed by atoms with Gasteiger partial charge in [-0.05, 0) is 243 Å². The van der Waals surface area contributed by atoms with Crippen molar-refractivity contribution < 1.29 is 0 Å². The molecule has 24 aromatic carbocycles. The van der Waals surface area contributed by atoms with Crippen molar-refractivity contribution in [2.75, 3.05) is 9.80 Å². The van der Waals surface area contributed by atoms with Gasteiger partial charge < -0.3 is 9.80 Å². The van der Waals surface area contributed by atoms with Crippen LogP contribution in [0.5, 0.6) is 0 Å². The Morgan fingerprint density at radius 2 is 0.514 bits per heavy atom. The van der Waals surface area contributed by atoms with Crippen LogP contribution < -0.4 is 9.80 Å². The Balaban J connectivity index is 0.699. The minimum atomic E-state index is -0.703. The fourth-order valence-electron chi connectivity index (χ4n) is 26.7. The van der Waals surface area contributed by atoms with E-state index in [0.717, 1.165) is 111 Å². The second-order valence-electron chi connectivity index (χ2n) is 40.7. The van der Waals surface area contributed by atoms with Gasteiger partial charge in [0.1, 0.15) is 0 Å². The number of rotatable bonds is 18. The van der Waals surface area contributed by atoms with Crippen molar-refractivity contribution in [1.29, 1.82) is 0 Å². The molecule has 2 nitrogen and oxygen atoms in total. The Morgan fingerprint density at radius 3 is 1.03 bits per heavy atom. The van der Waals surface area contributed by atoms with Crippen LogP contribution in [0.25, 0.3) is 154 Å². The topological polar surface area (TPSA) is 6.48 Å². The first-order valence-electron chi connectivity index (χ1n) is 51.3. The second-order valence-corrected chi connectivity index (χ2v) is 40.7. The van der Waals surface area contributed by atoms with Crippen LogP contribution in [0, 0.1) is 0 Å². The molecule has 0 saturated heterocycles. The Bertz CT molecular complexity index is 9280. The highest BCUT2D eigenvalue weighted by molar-refractivity contribution is 6.26. The first-order valence-corrected chi connectivity index (χ1v) is 51.3. The molecule has 4 aliphatic rings. The number of hydrogen-bond donors (Lipinski definition) is 0. The Kier molecular flexibility index (Phi) is 20.1. The first kappa shape index (κ1) is 85.9. The van der Waals surface area contributed by atoms with Crippen molar-refractivity contribution in [2.45, 2.75) is 48.9 Å². The van der Waals surface area contributed by atoms with Crippen LogP contribution in [-0.2, 0) is 28.1 Å². The van der Waals surface area contributed by atoms with Crippen LogP contribution in [0.1, 0.15) is 93.1 Å².